The molecule has 0 unspecified atom stereocenters. The molecule has 18 heavy (non-hydrogen) atoms. The Labute approximate surface area is 108 Å². The van der Waals surface area contributed by atoms with Gasteiger partial charge in [-0.3, -0.25) is 4.79 Å². The fraction of sp³-hybridized carbons (Fsp3) is 0.312. The van der Waals surface area contributed by atoms with Gasteiger partial charge < -0.3 is 5.73 Å². The summed E-state index contributed by atoms with van der Waals surface area (Å²) in [7, 11) is 0. The van der Waals surface area contributed by atoms with E-state index in [0.717, 1.165) is 6.42 Å². The van der Waals surface area contributed by atoms with E-state index in [1.54, 1.807) is 0 Å². The topological polar surface area (TPSA) is 43.1 Å². The second-order valence-electron chi connectivity index (χ2n) is 5.62. The lowest BCUT2D eigenvalue weighted by atomic mass is 9.81. The van der Waals surface area contributed by atoms with Gasteiger partial charge in [0.1, 0.15) is 0 Å². The number of primary amides is 1. The molecule has 0 aliphatic rings. The summed E-state index contributed by atoms with van der Waals surface area (Å²) in [6.07, 6.45) is 1.27. The zero-order valence-corrected chi connectivity index (χ0v) is 10.9. The molecule has 0 saturated carbocycles. The molecular formula is C16H19NO. The first-order chi connectivity index (χ1) is 8.48. The molecule has 0 aliphatic carbocycles. The molecule has 0 bridgehead atoms. The van der Waals surface area contributed by atoms with Crippen molar-refractivity contribution in [2.45, 2.75) is 26.7 Å². The van der Waals surface area contributed by atoms with E-state index in [2.05, 4.69) is 44.2 Å². The maximum Gasteiger partial charge on any atom is 0.217 e. The Hall–Kier alpha value is -1.83. The van der Waals surface area contributed by atoms with E-state index < -0.39 is 0 Å². The molecule has 2 nitrogen and oxygen atoms in total. The van der Waals surface area contributed by atoms with E-state index in [0.29, 0.717) is 6.42 Å². The van der Waals surface area contributed by atoms with Crippen molar-refractivity contribution in [3.05, 3.63) is 48.0 Å². The van der Waals surface area contributed by atoms with Gasteiger partial charge in [0.05, 0.1) is 0 Å². The van der Waals surface area contributed by atoms with Crippen molar-refractivity contribution in [2.75, 3.05) is 0 Å². The third-order valence-corrected chi connectivity index (χ3v) is 3.20. The van der Waals surface area contributed by atoms with Gasteiger partial charge in [-0.2, -0.15) is 0 Å². The van der Waals surface area contributed by atoms with Crippen molar-refractivity contribution in [1.29, 1.82) is 0 Å². The summed E-state index contributed by atoms with van der Waals surface area (Å²) >= 11 is 0. The molecule has 0 radical (unpaired) electrons. The molecule has 0 heterocycles. The Bertz CT molecular complexity index is 567. The molecular weight excluding hydrogens is 222 g/mol. The Balaban J connectivity index is 2.34. The molecule has 0 spiro atoms. The van der Waals surface area contributed by atoms with Gasteiger partial charge in [0.25, 0.3) is 0 Å². The minimum atomic E-state index is -0.236. The maximum absolute atomic E-state index is 11.1. The standard InChI is InChI=1S/C16H19NO/c1-16(2,11-15(17)18)10-13-8-5-7-12-6-3-4-9-14(12)13/h3-9H,10-11H2,1-2H3,(H2,17,18). The van der Waals surface area contributed by atoms with Crippen LogP contribution in [0.5, 0.6) is 0 Å². The first kappa shape index (κ1) is 12.6. The molecule has 2 aromatic carbocycles. The van der Waals surface area contributed by atoms with Crippen LogP contribution >= 0.6 is 0 Å². The quantitative estimate of drug-likeness (QED) is 0.877. The minimum absolute atomic E-state index is 0.101. The van der Waals surface area contributed by atoms with E-state index >= 15 is 0 Å². The number of hydrogen-bond donors (Lipinski definition) is 1. The highest BCUT2D eigenvalue weighted by molar-refractivity contribution is 5.85. The Morgan fingerprint density at radius 2 is 1.78 bits per heavy atom. The lowest BCUT2D eigenvalue weighted by molar-refractivity contribution is -0.119. The van der Waals surface area contributed by atoms with Gasteiger partial charge in [0, 0.05) is 6.42 Å². The van der Waals surface area contributed by atoms with Crippen LogP contribution in [-0.2, 0) is 11.2 Å². The molecule has 2 aromatic rings. The first-order valence-corrected chi connectivity index (χ1v) is 6.23. The van der Waals surface area contributed by atoms with E-state index in [1.165, 1.54) is 16.3 Å². The van der Waals surface area contributed by atoms with Crippen molar-refractivity contribution < 1.29 is 4.79 Å². The van der Waals surface area contributed by atoms with Crippen molar-refractivity contribution in [3.8, 4) is 0 Å². The highest BCUT2D eigenvalue weighted by atomic mass is 16.1. The number of amides is 1. The number of carbonyl (C=O) groups excluding carboxylic acids is 1. The van der Waals surface area contributed by atoms with Gasteiger partial charge in [-0.15, -0.1) is 0 Å². The second-order valence-corrected chi connectivity index (χ2v) is 5.62. The molecule has 2 heteroatoms. The third kappa shape index (κ3) is 2.89. The van der Waals surface area contributed by atoms with E-state index in [9.17, 15) is 4.79 Å². The molecule has 2 rings (SSSR count). The average Bonchev–Trinajstić information content (AvgIpc) is 2.27. The molecule has 94 valence electrons. The summed E-state index contributed by atoms with van der Waals surface area (Å²) in [5.74, 6) is -0.236. The summed E-state index contributed by atoms with van der Waals surface area (Å²) < 4.78 is 0. The normalized spacial score (nSPS) is 11.7. The Morgan fingerprint density at radius 3 is 2.50 bits per heavy atom. The molecule has 0 fully saturated rings. The number of rotatable bonds is 4. The van der Waals surface area contributed by atoms with Gasteiger partial charge in [-0.05, 0) is 28.2 Å². The molecule has 2 N–H and O–H groups in total. The summed E-state index contributed by atoms with van der Waals surface area (Å²) in [4.78, 5) is 11.1. The summed E-state index contributed by atoms with van der Waals surface area (Å²) in [5.41, 5.74) is 6.48. The van der Waals surface area contributed by atoms with Crippen molar-refractivity contribution >= 4 is 16.7 Å². The largest absolute Gasteiger partial charge is 0.370 e. The molecule has 0 aromatic heterocycles. The third-order valence-electron chi connectivity index (χ3n) is 3.20. The lowest BCUT2D eigenvalue weighted by Gasteiger charge is -2.23. The van der Waals surface area contributed by atoms with Gasteiger partial charge in [0.2, 0.25) is 5.91 Å². The van der Waals surface area contributed by atoms with Crippen LogP contribution in [0, 0.1) is 5.41 Å². The first-order valence-electron chi connectivity index (χ1n) is 6.23. The van der Waals surface area contributed by atoms with Gasteiger partial charge >= 0.3 is 0 Å². The molecule has 0 saturated heterocycles. The smallest absolute Gasteiger partial charge is 0.217 e. The summed E-state index contributed by atoms with van der Waals surface area (Å²) in [6, 6.07) is 14.6. The van der Waals surface area contributed by atoms with Crippen LogP contribution in [0.2, 0.25) is 0 Å². The van der Waals surface area contributed by atoms with Gasteiger partial charge in [-0.1, -0.05) is 56.3 Å². The fourth-order valence-electron chi connectivity index (χ4n) is 2.50. The Kier molecular flexibility index (Phi) is 3.37. The highest BCUT2D eigenvalue weighted by Gasteiger charge is 2.21. The van der Waals surface area contributed by atoms with Gasteiger partial charge in [-0.25, -0.2) is 0 Å². The monoisotopic (exact) mass is 241 g/mol. The van der Waals surface area contributed by atoms with Crippen LogP contribution in [0.15, 0.2) is 42.5 Å². The van der Waals surface area contributed by atoms with Crippen LogP contribution in [0.1, 0.15) is 25.8 Å². The van der Waals surface area contributed by atoms with E-state index in [1.807, 2.05) is 12.1 Å². The number of carbonyl (C=O) groups is 1. The van der Waals surface area contributed by atoms with Crippen LogP contribution in [0.4, 0.5) is 0 Å². The number of nitrogens with two attached hydrogens (primary N) is 1. The summed E-state index contributed by atoms with van der Waals surface area (Å²) in [5, 5.41) is 2.50. The number of fused-ring (bicyclic) bond motifs is 1. The SMILES string of the molecule is CC(C)(CC(N)=O)Cc1cccc2ccccc12. The zero-order valence-electron chi connectivity index (χ0n) is 10.9. The van der Waals surface area contributed by atoms with Crippen LogP contribution in [-0.4, -0.2) is 5.91 Å². The van der Waals surface area contributed by atoms with E-state index in [-0.39, 0.29) is 11.3 Å². The molecule has 0 atom stereocenters. The van der Waals surface area contributed by atoms with Crippen molar-refractivity contribution in [3.63, 3.8) is 0 Å². The maximum atomic E-state index is 11.1. The summed E-state index contributed by atoms with van der Waals surface area (Å²) in [6.45, 7) is 4.17. The van der Waals surface area contributed by atoms with Crippen molar-refractivity contribution in [2.24, 2.45) is 11.1 Å². The predicted octanol–water partition coefficient (Wildman–Crippen LogP) is 3.28. The predicted molar refractivity (Wildman–Crippen MR) is 75.2 cm³/mol. The van der Waals surface area contributed by atoms with Crippen LogP contribution in [0.3, 0.4) is 0 Å². The molecule has 0 aliphatic heterocycles. The number of benzene rings is 2. The van der Waals surface area contributed by atoms with Crippen molar-refractivity contribution in [1.82, 2.24) is 0 Å². The highest BCUT2D eigenvalue weighted by Crippen LogP contribution is 2.29. The van der Waals surface area contributed by atoms with Crippen LogP contribution < -0.4 is 5.73 Å². The number of hydrogen-bond acceptors (Lipinski definition) is 1. The van der Waals surface area contributed by atoms with Crippen LogP contribution in [0.25, 0.3) is 10.8 Å². The fourth-order valence-corrected chi connectivity index (χ4v) is 2.50. The zero-order chi connectivity index (χ0) is 13.2. The lowest BCUT2D eigenvalue weighted by Crippen LogP contribution is -2.24. The van der Waals surface area contributed by atoms with E-state index in [4.69, 9.17) is 5.73 Å². The minimum Gasteiger partial charge on any atom is -0.370 e. The molecule has 1 amide bonds. The average molecular weight is 241 g/mol. The second kappa shape index (κ2) is 4.81. The Morgan fingerprint density at radius 1 is 1.11 bits per heavy atom. The van der Waals surface area contributed by atoms with Gasteiger partial charge in [0.15, 0.2) is 0 Å².